The van der Waals surface area contributed by atoms with E-state index in [2.05, 4.69) is 6.92 Å². The molecule has 3 heterocycles. The molecule has 9 atom stereocenters. The van der Waals surface area contributed by atoms with Gasteiger partial charge < -0.3 is 24.1 Å². The number of ether oxygens (including phenoxy) is 4. The standard InChI is InChI=1S/C30H44O8/c1-7-18(3)23(33)22-24(37-25(34)19(4)8-2)27(6)26(5,12-13-28(38-27)14-21(32)35-16-28)20-10-9-11-29(17-36-29)30(20,22)15-31/h8,18,20,22,24,31H,7,9-17H2,1-6H3/b19-8-/t18?,20-,22+,24+,26-,27+,28+,29+,30+/m1/s1. The molecule has 0 amide bonds. The van der Waals surface area contributed by atoms with E-state index in [-0.39, 0.29) is 43.2 Å². The molecule has 38 heavy (non-hydrogen) atoms. The van der Waals surface area contributed by atoms with Crippen LogP contribution in [0.15, 0.2) is 11.6 Å². The van der Waals surface area contributed by atoms with Crippen molar-refractivity contribution in [1.82, 2.24) is 0 Å². The van der Waals surface area contributed by atoms with Gasteiger partial charge in [0.1, 0.15) is 35.3 Å². The summed E-state index contributed by atoms with van der Waals surface area (Å²) in [6.07, 6.45) is 5.33. The number of hydrogen-bond acceptors (Lipinski definition) is 8. The van der Waals surface area contributed by atoms with Crippen LogP contribution in [0.3, 0.4) is 0 Å². The Kier molecular flexibility index (Phi) is 6.68. The molecule has 0 radical (unpaired) electrons. The van der Waals surface area contributed by atoms with Gasteiger partial charge in [-0.05, 0) is 58.8 Å². The van der Waals surface area contributed by atoms with E-state index in [1.54, 1.807) is 19.9 Å². The number of hydrogen-bond donors (Lipinski definition) is 1. The maximum absolute atomic E-state index is 14.5. The van der Waals surface area contributed by atoms with Crippen molar-refractivity contribution < 1.29 is 38.4 Å². The van der Waals surface area contributed by atoms with E-state index in [0.717, 1.165) is 19.3 Å². The zero-order valence-electron chi connectivity index (χ0n) is 23.8. The van der Waals surface area contributed by atoms with Crippen molar-refractivity contribution in [2.45, 2.75) is 109 Å². The zero-order chi connectivity index (χ0) is 27.7. The van der Waals surface area contributed by atoms with Crippen LogP contribution in [0.1, 0.15) is 86.5 Å². The van der Waals surface area contributed by atoms with Crippen LogP contribution >= 0.6 is 0 Å². The SMILES string of the molecule is C/C=C(/C)C(=O)O[C@H]1[C@H](C(=O)C(C)CC)[C@]2(CO)[C@H](CCC[C@]23CO3)[C@@]2(C)CC[C@]3(COC(=O)C3)O[C@@]12C. The molecule has 0 aromatic carbocycles. The molecule has 1 N–H and O–H groups in total. The first kappa shape index (κ1) is 27.8. The second kappa shape index (κ2) is 9.13. The van der Waals surface area contributed by atoms with Crippen molar-refractivity contribution in [3.8, 4) is 0 Å². The number of rotatable bonds is 6. The van der Waals surface area contributed by atoms with Crippen LogP contribution in [-0.2, 0) is 33.3 Å². The third-order valence-electron chi connectivity index (χ3n) is 11.5. The molecule has 0 bridgehead atoms. The fourth-order valence-corrected chi connectivity index (χ4v) is 8.70. The fourth-order valence-electron chi connectivity index (χ4n) is 8.70. The molecule has 5 fully saturated rings. The summed E-state index contributed by atoms with van der Waals surface area (Å²) in [5.74, 6) is -2.02. The number of aliphatic hydroxyl groups is 1. The van der Waals surface area contributed by atoms with Gasteiger partial charge in [0, 0.05) is 22.3 Å². The quantitative estimate of drug-likeness (QED) is 0.311. The summed E-state index contributed by atoms with van der Waals surface area (Å²) in [5, 5.41) is 11.4. The van der Waals surface area contributed by atoms with Gasteiger partial charge >= 0.3 is 11.9 Å². The Labute approximate surface area is 225 Å². The number of aliphatic hydroxyl groups excluding tert-OH is 1. The summed E-state index contributed by atoms with van der Waals surface area (Å²) >= 11 is 0. The minimum Gasteiger partial charge on any atom is -0.463 e. The predicted molar refractivity (Wildman–Crippen MR) is 138 cm³/mol. The molecule has 5 rings (SSSR count). The maximum Gasteiger partial charge on any atom is 0.333 e. The average Bonchev–Trinajstić information content (AvgIpc) is 3.59. The first-order valence-electron chi connectivity index (χ1n) is 14.4. The number of ketones is 1. The van der Waals surface area contributed by atoms with Crippen LogP contribution in [0.4, 0.5) is 0 Å². The van der Waals surface area contributed by atoms with Crippen molar-refractivity contribution in [3.63, 3.8) is 0 Å². The van der Waals surface area contributed by atoms with E-state index in [0.29, 0.717) is 31.4 Å². The van der Waals surface area contributed by atoms with Crippen LogP contribution < -0.4 is 0 Å². The van der Waals surface area contributed by atoms with Crippen molar-refractivity contribution in [1.29, 1.82) is 0 Å². The Balaban J connectivity index is 1.74. The topological polar surface area (TPSA) is 112 Å². The lowest BCUT2D eigenvalue weighted by Gasteiger charge is -2.71. The van der Waals surface area contributed by atoms with E-state index < -0.39 is 45.6 Å². The van der Waals surface area contributed by atoms with Crippen LogP contribution in [-0.4, -0.2) is 65.6 Å². The van der Waals surface area contributed by atoms with Crippen molar-refractivity contribution in [3.05, 3.63) is 11.6 Å². The Morgan fingerprint density at radius 3 is 2.47 bits per heavy atom. The van der Waals surface area contributed by atoms with Gasteiger partial charge in [0.05, 0.1) is 25.6 Å². The van der Waals surface area contributed by atoms with E-state index in [1.165, 1.54) is 0 Å². The van der Waals surface area contributed by atoms with Gasteiger partial charge in [-0.15, -0.1) is 0 Å². The smallest absolute Gasteiger partial charge is 0.333 e. The summed E-state index contributed by atoms with van der Waals surface area (Å²) in [5.41, 5.74) is -3.54. The van der Waals surface area contributed by atoms with Crippen molar-refractivity contribution >= 4 is 17.7 Å². The molecular formula is C30H44O8. The summed E-state index contributed by atoms with van der Waals surface area (Å²) < 4.78 is 25.0. The predicted octanol–water partition coefficient (Wildman–Crippen LogP) is 3.92. The summed E-state index contributed by atoms with van der Waals surface area (Å²) in [7, 11) is 0. The normalized spacial score (nSPS) is 46.8. The Morgan fingerprint density at radius 1 is 1.21 bits per heavy atom. The number of carbonyl (C=O) groups is 3. The number of epoxide rings is 1. The number of esters is 2. The molecular weight excluding hydrogens is 488 g/mol. The van der Waals surface area contributed by atoms with Crippen LogP contribution in [0, 0.1) is 28.6 Å². The van der Waals surface area contributed by atoms with Gasteiger partial charge in [-0.1, -0.05) is 33.3 Å². The minimum absolute atomic E-state index is 0.0236. The first-order chi connectivity index (χ1) is 17.9. The average molecular weight is 533 g/mol. The molecule has 2 spiro atoms. The highest BCUT2D eigenvalue weighted by Gasteiger charge is 2.81. The van der Waals surface area contributed by atoms with Crippen LogP contribution in [0.5, 0.6) is 0 Å². The molecule has 1 unspecified atom stereocenters. The van der Waals surface area contributed by atoms with E-state index in [4.69, 9.17) is 18.9 Å². The second-order valence-corrected chi connectivity index (χ2v) is 13.1. The molecule has 212 valence electrons. The molecule has 8 heteroatoms. The van der Waals surface area contributed by atoms with Gasteiger partial charge in [0.15, 0.2) is 0 Å². The van der Waals surface area contributed by atoms with E-state index >= 15 is 0 Å². The highest BCUT2D eigenvalue weighted by Crippen LogP contribution is 2.74. The highest BCUT2D eigenvalue weighted by atomic mass is 16.6. The Bertz CT molecular complexity index is 1050. The van der Waals surface area contributed by atoms with Gasteiger partial charge in [0.25, 0.3) is 0 Å². The monoisotopic (exact) mass is 532 g/mol. The third kappa shape index (κ3) is 3.55. The van der Waals surface area contributed by atoms with E-state index in [1.807, 2.05) is 20.8 Å². The molecule has 2 saturated carbocycles. The fraction of sp³-hybridized carbons (Fsp3) is 0.833. The second-order valence-electron chi connectivity index (χ2n) is 13.1. The lowest BCUT2D eigenvalue weighted by atomic mass is 9.37. The van der Waals surface area contributed by atoms with Gasteiger partial charge in [-0.2, -0.15) is 0 Å². The molecule has 3 aliphatic heterocycles. The molecule has 2 aliphatic carbocycles. The summed E-state index contributed by atoms with van der Waals surface area (Å²) in [6.45, 7) is 11.9. The minimum atomic E-state index is -1.09. The lowest BCUT2D eigenvalue weighted by Crippen LogP contribution is -2.79. The number of carbonyl (C=O) groups excluding carboxylic acids is 3. The number of allylic oxidation sites excluding steroid dienone is 1. The number of Topliss-reactive ketones (excluding diaryl/α,β-unsaturated/α-hetero) is 1. The molecule has 0 aromatic heterocycles. The van der Waals surface area contributed by atoms with Gasteiger partial charge in [0.2, 0.25) is 0 Å². The van der Waals surface area contributed by atoms with Crippen molar-refractivity contribution in [2.24, 2.45) is 28.6 Å². The Hall–Kier alpha value is -1.77. The number of fused-ring (bicyclic) bond motifs is 4. The lowest BCUT2D eigenvalue weighted by molar-refractivity contribution is -0.347. The molecule has 0 aromatic rings. The largest absolute Gasteiger partial charge is 0.463 e. The van der Waals surface area contributed by atoms with Crippen molar-refractivity contribution in [2.75, 3.05) is 19.8 Å². The van der Waals surface area contributed by atoms with Gasteiger partial charge in [-0.3, -0.25) is 9.59 Å². The first-order valence-corrected chi connectivity index (χ1v) is 14.4. The maximum atomic E-state index is 14.5. The molecule has 3 saturated heterocycles. The number of cyclic esters (lactones) is 1. The van der Waals surface area contributed by atoms with E-state index in [9.17, 15) is 19.5 Å². The van der Waals surface area contributed by atoms with Crippen LogP contribution in [0.2, 0.25) is 0 Å². The van der Waals surface area contributed by atoms with Gasteiger partial charge in [-0.25, -0.2) is 4.79 Å². The zero-order valence-corrected chi connectivity index (χ0v) is 23.8. The summed E-state index contributed by atoms with van der Waals surface area (Å²) in [6, 6.07) is 0. The molecule has 8 nitrogen and oxygen atoms in total. The Morgan fingerprint density at radius 2 is 1.92 bits per heavy atom. The summed E-state index contributed by atoms with van der Waals surface area (Å²) in [4.78, 5) is 40.2. The van der Waals surface area contributed by atoms with Crippen LogP contribution in [0.25, 0.3) is 0 Å². The third-order valence-corrected chi connectivity index (χ3v) is 11.5. The molecule has 5 aliphatic rings. The highest BCUT2D eigenvalue weighted by molar-refractivity contribution is 5.89.